The van der Waals surface area contributed by atoms with Crippen LogP contribution >= 0.6 is 11.6 Å². The highest BCUT2D eigenvalue weighted by Gasteiger charge is 2.40. The Labute approximate surface area is 86.7 Å². The van der Waals surface area contributed by atoms with Gasteiger partial charge in [0, 0.05) is 17.2 Å². The average molecular weight is 216 g/mol. The minimum Gasteiger partial charge on any atom is -0.395 e. The Morgan fingerprint density at radius 2 is 2.29 bits per heavy atom. The standard InChI is InChI=1S/C10H11ClFNO/c11-7-4-8(9(12)13-5-7)10(6-14)2-1-3-10/h4-5,14H,1-3,6H2. The van der Waals surface area contributed by atoms with Crippen LogP contribution in [0.1, 0.15) is 24.8 Å². The van der Waals surface area contributed by atoms with Crippen LogP contribution in [0.4, 0.5) is 4.39 Å². The molecule has 0 radical (unpaired) electrons. The SMILES string of the molecule is OCC1(c2cc(Cl)cnc2F)CCC1. The highest BCUT2D eigenvalue weighted by Crippen LogP contribution is 2.44. The van der Waals surface area contributed by atoms with Crippen molar-refractivity contribution < 1.29 is 9.50 Å². The normalized spacial score (nSPS) is 19.1. The first-order chi connectivity index (χ1) is 6.68. The van der Waals surface area contributed by atoms with Gasteiger partial charge in [0.25, 0.3) is 0 Å². The van der Waals surface area contributed by atoms with E-state index >= 15 is 0 Å². The van der Waals surface area contributed by atoms with Crippen molar-refractivity contribution in [2.45, 2.75) is 24.7 Å². The van der Waals surface area contributed by atoms with E-state index in [1.54, 1.807) is 6.07 Å². The van der Waals surface area contributed by atoms with Gasteiger partial charge in [0.15, 0.2) is 0 Å². The largest absolute Gasteiger partial charge is 0.395 e. The third-order valence-electron chi connectivity index (χ3n) is 2.99. The van der Waals surface area contributed by atoms with Crippen LogP contribution in [0.5, 0.6) is 0 Å². The van der Waals surface area contributed by atoms with Gasteiger partial charge in [-0.15, -0.1) is 0 Å². The maximum Gasteiger partial charge on any atom is 0.216 e. The van der Waals surface area contributed by atoms with E-state index in [2.05, 4.69) is 4.98 Å². The second-order valence-electron chi connectivity index (χ2n) is 3.78. The summed E-state index contributed by atoms with van der Waals surface area (Å²) in [5.74, 6) is -0.511. The summed E-state index contributed by atoms with van der Waals surface area (Å²) in [5.41, 5.74) is 0.0286. The van der Waals surface area contributed by atoms with E-state index in [9.17, 15) is 9.50 Å². The minimum absolute atomic E-state index is 0.0358. The molecule has 1 aliphatic carbocycles. The number of hydrogen-bond acceptors (Lipinski definition) is 2. The fraction of sp³-hybridized carbons (Fsp3) is 0.500. The van der Waals surface area contributed by atoms with Crippen LogP contribution < -0.4 is 0 Å². The molecule has 1 N–H and O–H groups in total. The summed E-state index contributed by atoms with van der Waals surface area (Å²) in [5, 5.41) is 9.69. The predicted octanol–water partition coefficient (Wildman–Crippen LogP) is 2.29. The van der Waals surface area contributed by atoms with Gasteiger partial charge >= 0.3 is 0 Å². The van der Waals surface area contributed by atoms with Crippen LogP contribution in [-0.2, 0) is 5.41 Å². The van der Waals surface area contributed by atoms with Gasteiger partial charge in [-0.3, -0.25) is 0 Å². The van der Waals surface area contributed by atoms with Gasteiger partial charge in [0.2, 0.25) is 5.95 Å². The number of aliphatic hydroxyl groups excluding tert-OH is 1. The van der Waals surface area contributed by atoms with Gasteiger partial charge in [-0.05, 0) is 18.9 Å². The quantitative estimate of drug-likeness (QED) is 0.768. The highest BCUT2D eigenvalue weighted by atomic mass is 35.5. The lowest BCUT2D eigenvalue weighted by atomic mass is 9.65. The average Bonchev–Trinajstić information content (AvgIpc) is 2.10. The third kappa shape index (κ3) is 1.41. The van der Waals surface area contributed by atoms with E-state index in [0.29, 0.717) is 10.6 Å². The van der Waals surface area contributed by atoms with Gasteiger partial charge in [-0.1, -0.05) is 18.0 Å². The molecule has 1 aromatic rings. The lowest BCUT2D eigenvalue weighted by molar-refractivity contribution is 0.116. The van der Waals surface area contributed by atoms with Gasteiger partial charge in [-0.25, -0.2) is 4.98 Å². The molecule has 2 nitrogen and oxygen atoms in total. The molecule has 0 amide bonds. The molecular formula is C10H11ClFNO. The Balaban J connectivity index is 2.43. The van der Waals surface area contributed by atoms with Crippen LogP contribution in [0.25, 0.3) is 0 Å². The summed E-state index contributed by atoms with van der Waals surface area (Å²) in [6.45, 7) is -0.0358. The molecule has 0 atom stereocenters. The van der Waals surface area contributed by atoms with Crippen LogP contribution in [0.2, 0.25) is 5.02 Å². The van der Waals surface area contributed by atoms with Crippen molar-refractivity contribution in [3.8, 4) is 0 Å². The summed E-state index contributed by atoms with van der Waals surface area (Å²) in [6.07, 6.45) is 3.92. The lowest BCUT2D eigenvalue weighted by Gasteiger charge is -2.40. The third-order valence-corrected chi connectivity index (χ3v) is 3.20. The van der Waals surface area contributed by atoms with Crippen molar-refractivity contribution in [1.82, 2.24) is 4.98 Å². The first-order valence-corrected chi connectivity index (χ1v) is 4.98. The Hall–Kier alpha value is -0.670. The summed E-state index contributed by atoms with van der Waals surface area (Å²) >= 11 is 5.75. The van der Waals surface area contributed by atoms with Crippen molar-refractivity contribution in [3.63, 3.8) is 0 Å². The smallest absolute Gasteiger partial charge is 0.216 e. The maximum atomic E-state index is 13.4. The van der Waals surface area contributed by atoms with Crippen molar-refractivity contribution in [1.29, 1.82) is 0 Å². The Morgan fingerprint density at radius 3 is 2.79 bits per heavy atom. The van der Waals surface area contributed by atoms with E-state index in [1.165, 1.54) is 6.20 Å². The molecule has 1 fully saturated rings. The second kappa shape index (κ2) is 3.48. The Bertz CT molecular complexity index is 346. The molecule has 0 aromatic carbocycles. The summed E-state index contributed by atoms with van der Waals surface area (Å²) in [4.78, 5) is 3.56. The fourth-order valence-corrected chi connectivity index (χ4v) is 2.07. The molecule has 14 heavy (non-hydrogen) atoms. The zero-order valence-corrected chi connectivity index (χ0v) is 8.39. The number of hydrogen-bond donors (Lipinski definition) is 1. The zero-order chi connectivity index (χ0) is 10.2. The number of aromatic nitrogens is 1. The summed E-state index contributed by atoms with van der Waals surface area (Å²) < 4.78 is 13.4. The predicted molar refractivity (Wildman–Crippen MR) is 51.8 cm³/mol. The van der Waals surface area contributed by atoms with Crippen LogP contribution in [0, 0.1) is 5.95 Å². The van der Waals surface area contributed by atoms with Crippen LogP contribution in [-0.4, -0.2) is 16.7 Å². The Kier molecular flexibility index (Phi) is 2.45. The molecule has 0 bridgehead atoms. The topological polar surface area (TPSA) is 33.1 Å². The molecule has 0 spiro atoms. The van der Waals surface area contributed by atoms with E-state index in [-0.39, 0.29) is 6.61 Å². The monoisotopic (exact) mass is 215 g/mol. The molecule has 0 unspecified atom stereocenters. The fourth-order valence-electron chi connectivity index (χ4n) is 1.91. The minimum atomic E-state index is -0.511. The van der Waals surface area contributed by atoms with Crippen molar-refractivity contribution in [3.05, 3.63) is 28.8 Å². The van der Waals surface area contributed by atoms with Gasteiger partial charge < -0.3 is 5.11 Å². The number of rotatable bonds is 2. The molecule has 1 heterocycles. The van der Waals surface area contributed by atoms with Crippen molar-refractivity contribution in [2.24, 2.45) is 0 Å². The molecule has 0 aliphatic heterocycles. The zero-order valence-electron chi connectivity index (χ0n) is 7.63. The van der Waals surface area contributed by atoms with E-state index in [1.807, 2.05) is 0 Å². The van der Waals surface area contributed by atoms with E-state index in [0.717, 1.165) is 19.3 Å². The van der Waals surface area contributed by atoms with Gasteiger partial charge in [0.05, 0.1) is 11.6 Å². The lowest BCUT2D eigenvalue weighted by Crippen LogP contribution is -2.39. The molecule has 1 aliphatic rings. The maximum absolute atomic E-state index is 13.4. The molecular weight excluding hydrogens is 205 g/mol. The number of pyridine rings is 1. The second-order valence-corrected chi connectivity index (χ2v) is 4.22. The van der Waals surface area contributed by atoms with Crippen LogP contribution in [0.3, 0.4) is 0 Å². The highest BCUT2D eigenvalue weighted by molar-refractivity contribution is 6.30. The van der Waals surface area contributed by atoms with E-state index < -0.39 is 11.4 Å². The van der Waals surface area contributed by atoms with Gasteiger partial charge in [0.1, 0.15) is 0 Å². The first kappa shape index (κ1) is 9.87. The van der Waals surface area contributed by atoms with Crippen molar-refractivity contribution in [2.75, 3.05) is 6.61 Å². The first-order valence-electron chi connectivity index (χ1n) is 4.60. The van der Waals surface area contributed by atoms with Crippen molar-refractivity contribution >= 4 is 11.6 Å². The van der Waals surface area contributed by atoms with Crippen LogP contribution in [0.15, 0.2) is 12.3 Å². The van der Waals surface area contributed by atoms with Gasteiger partial charge in [-0.2, -0.15) is 4.39 Å². The number of nitrogens with zero attached hydrogens (tertiary/aromatic N) is 1. The van der Waals surface area contributed by atoms with E-state index in [4.69, 9.17) is 11.6 Å². The molecule has 1 saturated carbocycles. The molecule has 0 saturated heterocycles. The summed E-state index contributed by atoms with van der Waals surface area (Å²) in [6, 6.07) is 1.57. The number of aliphatic hydroxyl groups is 1. The molecule has 2 rings (SSSR count). The molecule has 1 aromatic heterocycles. The summed E-state index contributed by atoms with van der Waals surface area (Å²) in [7, 11) is 0. The number of halogens is 2. The molecule has 76 valence electrons. The Morgan fingerprint density at radius 1 is 1.57 bits per heavy atom. The molecule has 4 heteroatoms.